The van der Waals surface area contributed by atoms with Gasteiger partial charge in [-0.15, -0.1) is 0 Å². The molecule has 0 aliphatic rings. The van der Waals surface area contributed by atoms with Crippen molar-refractivity contribution in [3.05, 3.63) is 42.1 Å². The van der Waals surface area contributed by atoms with E-state index in [4.69, 9.17) is 4.74 Å². The molecule has 100 valence electrons. The molecule has 0 aliphatic heterocycles. The number of ether oxygens (including phenoxy) is 1. The molecule has 0 atom stereocenters. The van der Waals surface area contributed by atoms with Gasteiger partial charge in [0.15, 0.2) is 0 Å². The van der Waals surface area contributed by atoms with Crippen LogP contribution in [0.3, 0.4) is 0 Å². The van der Waals surface area contributed by atoms with Gasteiger partial charge < -0.3 is 10.1 Å². The third kappa shape index (κ3) is 4.30. The van der Waals surface area contributed by atoms with Crippen molar-refractivity contribution in [1.29, 1.82) is 0 Å². The summed E-state index contributed by atoms with van der Waals surface area (Å²) in [4.78, 5) is 12.7. The lowest BCUT2D eigenvalue weighted by Crippen LogP contribution is -2.15. The van der Waals surface area contributed by atoms with Crippen LogP contribution < -0.4 is 10.1 Å². The number of nitrogens with one attached hydrogen (secondary N) is 1. The Hall–Kier alpha value is -2.01. The minimum Gasteiger partial charge on any atom is -0.436 e. The average Bonchev–Trinajstić information content (AvgIpc) is 2.42. The van der Waals surface area contributed by atoms with Gasteiger partial charge in [-0.2, -0.15) is 0 Å². The molecular weight excluding hydrogens is 240 g/mol. The number of pyridine rings is 1. The molecule has 5 nitrogen and oxygen atoms in total. The third-order valence-corrected chi connectivity index (χ3v) is 2.50. The SMILES string of the molecule is CCCNCc1cncc(Oc2ccc(C)nc2)n1. The second kappa shape index (κ2) is 6.80. The zero-order valence-electron chi connectivity index (χ0n) is 11.3. The highest BCUT2D eigenvalue weighted by atomic mass is 16.5. The second-order valence-corrected chi connectivity index (χ2v) is 4.26. The van der Waals surface area contributed by atoms with E-state index in [1.54, 1.807) is 18.6 Å². The lowest BCUT2D eigenvalue weighted by molar-refractivity contribution is 0.454. The molecule has 0 amide bonds. The Labute approximate surface area is 113 Å². The molecule has 5 heteroatoms. The molecule has 0 aliphatic carbocycles. The monoisotopic (exact) mass is 258 g/mol. The van der Waals surface area contributed by atoms with E-state index in [2.05, 4.69) is 27.2 Å². The number of rotatable bonds is 6. The lowest BCUT2D eigenvalue weighted by Gasteiger charge is -2.06. The Kier molecular flexibility index (Phi) is 4.80. The van der Waals surface area contributed by atoms with Crippen LogP contribution >= 0.6 is 0 Å². The second-order valence-electron chi connectivity index (χ2n) is 4.26. The van der Waals surface area contributed by atoms with Gasteiger partial charge in [0.2, 0.25) is 5.88 Å². The molecule has 0 saturated carbocycles. The van der Waals surface area contributed by atoms with E-state index >= 15 is 0 Å². The van der Waals surface area contributed by atoms with Crippen molar-refractivity contribution in [3.8, 4) is 11.6 Å². The van der Waals surface area contributed by atoms with E-state index in [0.29, 0.717) is 18.2 Å². The number of nitrogens with zero attached hydrogens (tertiary/aromatic N) is 3. The van der Waals surface area contributed by atoms with E-state index in [1.165, 1.54) is 0 Å². The highest BCUT2D eigenvalue weighted by molar-refractivity contribution is 5.24. The van der Waals surface area contributed by atoms with Crippen LogP contribution in [0.1, 0.15) is 24.7 Å². The summed E-state index contributed by atoms with van der Waals surface area (Å²) in [5.41, 5.74) is 1.82. The largest absolute Gasteiger partial charge is 0.436 e. The van der Waals surface area contributed by atoms with Gasteiger partial charge in [0.05, 0.1) is 18.1 Å². The Bertz CT molecular complexity index is 513. The average molecular weight is 258 g/mol. The Morgan fingerprint density at radius 3 is 2.84 bits per heavy atom. The van der Waals surface area contributed by atoms with Gasteiger partial charge in [-0.25, -0.2) is 4.98 Å². The number of aryl methyl sites for hydroxylation is 1. The van der Waals surface area contributed by atoms with Crippen LogP contribution in [0.2, 0.25) is 0 Å². The van der Waals surface area contributed by atoms with Crippen LogP contribution in [0.25, 0.3) is 0 Å². The van der Waals surface area contributed by atoms with Crippen molar-refractivity contribution in [1.82, 2.24) is 20.3 Å². The molecule has 2 aromatic heterocycles. The van der Waals surface area contributed by atoms with Crippen LogP contribution in [0.15, 0.2) is 30.7 Å². The molecule has 2 heterocycles. The maximum absolute atomic E-state index is 5.62. The van der Waals surface area contributed by atoms with Crippen LogP contribution in [0.4, 0.5) is 0 Å². The fourth-order valence-electron chi connectivity index (χ4n) is 1.55. The van der Waals surface area contributed by atoms with Crippen molar-refractivity contribution in [3.63, 3.8) is 0 Å². The Morgan fingerprint density at radius 1 is 1.21 bits per heavy atom. The van der Waals surface area contributed by atoms with Crippen LogP contribution in [-0.2, 0) is 6.54 Å². The van der Waals surface area contributed by atoms with Crippen molar-refractivity contribution < 1.29 is 4.74 Å². The fourth-order valence-corrected chi connectivity index (χ4v) is 1.55. The summed E-state index contributed by atoms with van der Waals surface area (Å²) in [6.07, 6.45) is 6.11. The van der Waals surface area contributed by atoms with Gasteiger partial charge >= 0.3 is 0 Å². The molecule has 2 rings (SSSR count). The molecule has 19 heavy (non-hydrogen) atoms. The minimum atomic E-state index is 0.487. The summed E-state index contributed by atoms with van der Waals surface area (Å²) >= 11 is 0. The predicted octanol–water partition coefficient (Wildman–Crippen LogP) is 2.47. The molecular formula is C14H18N4O. The zero-order chi connectivity index (χ0) is 13.5. The van der Waals surface area contributed by atoms with Gasteiger partial charge in [-0.1, -0.05) is 6.92 Å². The van der Waals surface area contributed by atoms with Crippen molar-refractivity contribution in [2.45, 2.75) is 26.8 Å². The fraction of sp³-hybridized carbons (Fsp3) is 0.357. The Balaban J connectivity index is 2.00. The standard InChI is InChI=1S/C14H18N4O/c1-3-6-15-7-12-8-16-10-14(18-12)19-13-5-4-11(2)17-9-13/h4-5,8-10,15H,3,6-7H2,1-2H3. The van der Waals surface area contributed by atoms with Gasteiger partial charge in [-0.05, 0) is 32.0 Å². The maximum Gasteiger partial charge on any atom is 0.238 e. The Morgan fingerprint density at radius 2 is 2.11 bits per heavy atom. The molecule has 1 N–H and O–H groups in total. The minimum absolute atomic E-state index is 0.487. The quantitative estimate of drug-likeness (QED) is 0.806. The van der Waals surface area contributed by atoms with Crippen LogP contribution in [0.5, 0.6) is 11.6 Å². The zero-order valence-corrected chi connectivity index (χ0v) is 11.3. The number of aromatic nitrogens is 3. The molecule has 0 saturated heterocycles. The van der Waals surface area contributed by atoms with E-state index in [9.17, 15) is 0 Å². The molecule has 0 unspecified atom stereocenters. The highest BCUT2D eigenvalue weighted by Gasteiger charge is 2.02. The summed E-state index contributed by atoms with van der Waals surface area (Å²) in [5, 5.41) is 3.28. The molecule has 0 aromatic carbocycles. The summed E-state index contributed by atoms with van der Waals surface area (Å²) in [7, 11) is 0. The molecule has 2 aromatic rings. The van der Waals surface area contributed by atoms with Crippen molar-refractivity contribution >= 4 is 0 Å². The van der Waals surface area contributed by atoms with Crippen molar-refractivity contribution in [2.75, 3.05) is 6.54 Å². The summed E-state index contributed by atoms with van der Waals surface area (Å²) in [5.74, 6) is 1.15. The number of hydrogen-bond acceptors (Lipinski definition) is 5. The third-order valence-electron chi connectivity index (χ3n) is 2.50. The number of hydrogen-bond donors (Lipinski definition) is 1. The first-order chi connectivity index (χ1) is 9.28. The van der Waals surface area contributed by atoms with Gasteiger partial charge in [-0.3, -0.25) is 9.97 Å². The lowest BCUT2D eigenvalue weighted by atomic mass is 10.4. The molecule has 0 spiro atoms. The molecule has 0 bridgehead atoms. The van der Waals surface area contributed by atoms with Gasteiger partial charge in [0.25, 0.3) is 0 Å². The highest BCUT2D eigenvalue weighted by Crippen LogP contribution is 2.17. The molecule has 0 radical (unpaired) electrons. The summed E-state index contributed by atoms with van der Waals surface area (Å²) in [6.45, 7) is 5.73. The van der Waals surface area contributed by atoms with Gasteiger partial charge in [0, 0.05) is 18.4 Å². The predicted molar refractivity (Wildman–Crippen MR) is 73.1 cm³/mol. The molecule has 0 fully saturated rings. The first-order valence-corrected chi connectivity index (χ1v) is 6.40. The first-order valence-electron chi connectivity index (χ1n) is 6.40. The van der Waals surface area contributed by atoms with Gasteiger partial charge in [0.1, 0.15) is 5.75 Å². The summed E-state index contributed by atoms with van der Waals surface area (Å²) < 4.78 is 5.62. The normalized spacial score (nSPS) is 10.4. The van der Waals surface area contributed by atoms with E-state index < -0.39 is 0 Å². The van der Waals surface area contributed by atoms with Crippen molar-refractivity contribution in [2.24, 2.45) is 0 Å². The van der Waals surface area contributed by atoms with Crippen LogP contribution in [-0.4, -0.2) is 21.5 Å². The van der Waals surface area contributed by atoms with E-state index in [0.717, 1.165) is 24.4 Å². The van der Waals surface area contributed by atoms with E-state index in [1.807, 2.05) is 19.1 Å². The first kappa shape index (κ1) is 13.4. The van der Waals surface area contributed by atoms with E-state index in [-0.39, 0.29) is 0 Å². The summed E-state index contributed by atoms with van der Waals surface area (Å²) in [6, 6.07) is 3.77. The maximum atomic E-state index is 5.62. The topological polar surface area (TPSA) is 59.9 Å². The van der Waals surface area contributed by atoms with Crippen LogP contribution in [0, 0.1) is 6.92 Å². The smallest absolute Gasteiger partial charge is 0.238 e.